The number of carbonyl (C=O) groups is 4. The molecular formula is C25H25N3O8. The van der Waals surface area contributed by atoms with E-state index in [2.05, 4.69) is 4.74 Å². The zero-order chi connectivity index (χ0) is 26.6. The van der Waals surface area contributed by atoms with Crippen LogP contribution in [0, 0.1) is 10.1 Å². The molecule has 2 amide bonds. The molecule has 0 spiro atoms. The van der Waals surface area contributed by atoms with Crippen molar-refractivity contribution in [3.63, 3.8) is 0 Å². The Bertz CT molecular complexity index is 1320. The SMILES string of the molecule is CC(C)(C)OC(=O)n1ccc2cc(CN3C(=O)c4ccccc4C3=O)cc([N+](=O)[O-])c21.CCOC=O. The average Bonchev–Trinajstić information content (AvgIpc) is 3.34. The summed E-state index contributed by atoms with van der Waals surface area (Å²) in [5, 5.41) is 12.2. The highest BCUT2D eigenvalue weighted by Crippen LogP contribution is 2.31. The van der Waals surface area contributed by atoms with Gasteiger partial charge in [0.2, 0.25) is 0 Å². The Morgan fingerprint density at radius 3 is 2.17 bits per heavy atom. The summed E-state index contributed by atoms with van der Waals surface area (Å²) in [6.45, 7) is 7.64. The standard InChI is InChI=1S/C22H19N3O6.C3H6O2/c1-22(2,3)31-21(28)23-9-8-14-10-13(11-17(18(14)23)25(29)30)12-24-19(26)15-6-4-5-7-16(15)20(24)27;1-2-5-3-4/h4-11H,12H2,1-3H3;3H,2H2,1H3. The van der Waals surface area contributed by atoms with Gasteiger partial charge < -0.3 is 9.47 Å². The first-order chi connectivity index (χ1) is 17.0. The molecule has 0 bridgehead atoms. The number of benzene rings is 2. The summed E-state index contributed by atoms with van der Waals surface area (Å²) < 4.78 is 10.6. The van der Waals surface area contributed by atoms with Crippen LogP contribution in [0.3, 0.4) is 0 Å². The number of nitrogens with zero attached hydrogens (tertiary/aromatic N) is 3. The van der Waals surface area contributed by atoms with E-state index in [1.54, 1.807) is 64.1 Å². The molecule has 2 heterocycles. The number of nitro groups is 1. The maximum absolute atomic E-state index is 12.6. The number of hydrogen-bond acceptors (Lipinski definition) is 8. The number of carbonyl (C=O) groups excluding carboxylic acids is 4. The Hall–Kier alpha value is -4.54. The highest BCUT2D eigenvalue weighted by molar-refractivity contribution is 6.21. The summed E-state index contributed by atoms with van der Waals surface area (Å²) in [5.74, 6) is -0.899. The van der Waals surface area contributed by atoms with E-state index in [9.17, 15) is 29.3 Å². The predicted molar refractivity (Wildman–Crippen MR) is 129 cm³/mol. The lowest BCUT2D eigenvalue weighted by Gasteiger charge is -2.19. The highest BCUT2D eigenvalue weighted by Gasteiger charge is 2.35. The van der Waals surface area contributed by atoms with Crippen LogP contribution in [0.2, 0.25) is 0 Å². The third-order valence-corrected chi connectivity index (χ3v) is 5.06. The fourth-order valence-corrected chi connectivity index (χ4v) is 3.65. The second kappa shape index (κ2) is 10.4. The van der Waals surface area contributed by atoms with Gasteiger partial charge in [0.15, 0.2) is 0 Å². The lowest BCUT2D eigenvalue weighted by molar-refractivity contribution is -0.383. The van der Waals surface area contributed by atoms with E-state index < -0.39 is 28.4 Å². The quantitative estimate of drug-likeness (QED) is 0.221. The van der Waals surface area contributed by atoms with Crippen molar-refractivity contribution in [2.45, 2.75) is 39.8 Å². The van der Waals surface area contributed by atoms with Crippen molar-refractivity contribution in [2.24, 2.45) is 0 Å². The summed E-state index contributed by atoms with van der Waals surface area (Å²) in [4.78, 5) is 59.2. The second-order valence-electron chi connectivity index (χ2n) is 8.77. The lowest BCUT2D eigenvalue weighted by Crippen LogP contribution is -2.29. The van der Waals surface area contributed by atoms with Crippen molar-refractivity contribution >= 4 is 41.0 Å². The van der Waals surface area contributed by atoms with E-state index in [1.165, 1.54) is 12.3 Å². The maximum Gasteiger partial charge on any atom is 0.419 e. The Balaban J connectivity index is 0.000000658. The van der Waals surface area contributed by atoms with Crippen molar-refractivity contribution in [1.29, 1.82) is 0 Å². The molecule has 1 aliphatic rings. The lowest BCUT2D eigenvalue weighted by atomic mass is 10.1. The van der Waals surface area contributed by atoms with E-state index in [-0.39, 0.29) is 17.7 Å². The Morgan fingerprint density at radius 2 is 1.69 bits per heavy atom. The fourth-order valence-electron chi connectivity index (χ4n) is 3.65. The molecule has 188 valence electrons. The van der Waals surface area contributed by atoms with Gasteiger partial charge in [0.1, 0.15) is 11.1 Å². The zero-order valence-corrected chi connectivity index (χ0v) is 20.2. The van der Waals surface area contributed by atoms with Crippen LogP contribution in [0.4, 0.5) is 10.5 Å². The molecule has 0 atom stereocenters. The zero-order valence-electron chi connectivity index (χ0n) is 20.2. The smallest absolute Gasteiger partial charge is 0.419 e. The number of hydrogen-bond donors (Lipinski definition) is 0. The minimum Gasteiger partial charge on any atom is -0.468 e. The minimum absolute atomic E-state index is 0.0883. The van der Waals surface area contributed by atoms with Crippen LogP contribution in [0.15, 0.2) is 48.7 Å². The van der Waals surface area contributed by atoms with E-state index in [0.717, 1.165) is 9.47 Å². The first-order valence-corrected chi connectivity index (χ1v) is 11.0. The number of non-ortho nitro benzene ring substituents is 1. The van der Waals surface area contributed by atoms with Gasteiger partial charge in [-0.2, -0.15) is 0 Å². The Morgan fingerprint density at radius 1 is 1.08 bits per heavy atom. The highest BCUT2D eigenvalue weighted by atomic mass is 16.6. The number of rotatable bonds is 5. The summed E-state index contributed by atoms with van der Waals surface area (Å²) in [5.41, 5.74) is 0.00716. The molecule has 36 heavy (non-hydrogen) atoms. The molecule has 0 unspecified atom stereocenters. The molecule has 11 nitrogen and oxygen atoms in total. The minimum atomic E-state index is -0.770. The molecule has 0 fully saturated rings. The fraction of sp³-hybridized carbons (Fsp3) is 0.280. The first-order valence-electron chi connectivity index (χ1n) is 11.0. The molecule has 0 radical (unpaired) electrons. The summed E-state index contributed by atoms with van der Waals surface area (Å²) in [6, 6.07) is 10.9. The number of imide groups is 1. The molecular weight excluding hydrogens is 470 g/mol. The third-order valence-electron chi connectivity index (χ3n) is 5.06. The van der Waals surface area contributed by atoms with Gasteiger partial charge in [-0.05, 0) is 57.5 Å². The van der Waals surface area contributed by atoms with Crippen molar-refractivity contribution in [1.82, 2.24) is 9.47 Å². The van der Waals surface area contributed by atoms with Gasteiger partial charge in [0, 0.05) is 17.6 Å². The molecule has 0 saturated heterocycles. The molecule has 1 aromatic heterocycles. The average molecular weight is 495 g/mol. The summed E-state index contributed by atoms with van der Waals surface area (Å²) >= 11 is 0. The molecule has 11 heteroatoms. The van der Waals surface area contributed by atoms with Crippen molar-refractivity contribution in [3.05, 3.63) is 75.5 Å². The normalized spacial score (nSPS) is 12.6. The predicted octanol–water partition coefficient (Wildman–Crippen LogP) is 4.31. The summed E-state index contributed by atoms with van der Waals surface area (Å²) in [7, 11) is 0. The van der Waals surface area contributed by atoms with Gasteiger partial charge in [-0.1, -0.05) is 12.1 Å². The first kappa shape index (κ1) is 26.1. The van der Waals surface area contributed by atoms with Crippen LogP contribution in [0.25, 0.3) is 10.9 Å². The largest absolute Gasteiger partial charge is 0.468 e. The van der Waals surface area contributed by atoms with Crippen molar-refractivity contribution < 1.29 is 33.6 Å². The van der Waals surface area contributed by atoms with E-state index in [1.807, 2.05) is 0 Å². The number of amides is 2. The third kappa shape index (κ3) is 5.40. The molecule has 2 aromatic carbocycles. The molecule has 3 aromatic rings. The van der Waals surface area contributed by atoms with Gasteiger partial charge in [-0.3, -0.25) is 29.4 Å². The van der Waals surface area contributed by atoms with Gasteiger partial charge in [0.25, 0.3) is 24.0 Å². The van der Waals surface area contributed by atoms with Gasteiger partial charge in [0.05, 0.1) is 29.2 Å². The van der Waals surface area contributed by atoms with Crippen LogP contribution in [-0.4, -0.2) is 51.0 Å². The summed E-state index contributed by atoms with van der Waals surface area (Å²) in [6.07, 6.45) is 0.663. The number of fused-ring (bicyclic) bond motifs is 2. The Labute approximate surface area is 206 Å². The molecule has 0 aliphatic carbocycles. The molecule has 0 saturated carbocycles. The number of aromatic nitrogens is 1. The maximum atomic E-state index is 12.6. The van der Waals surface area contributed by atoms with Crippen LogP contribution < -0.4 is 0 Å². The Kier molecular flexibility index (Phi) is 7.52. The van der Waals surface area contributed by atoms with E-state index in [4.69, 9.17) is 4.74 Å². The second-order valence-corrected chi connectivity index (χ2v) is 8.77. The monoisotopic (exact) mass is 495 g/mol. The molecule has 0 N–H and O–H groups in total. The van der Waals surface area contributed by atoms with Gasteiger partial charge in [-0.25, -0.2) is 9.36 Å². The molecule has 1 aliphatic heterocycles. The van der Waals surface area contributed by atoms with Crippen molar-refractivity contribution in [2.75, 3.05) is 6.61 Å². The molecule has 4 rings (SSSR count). The number of nitro benzene ring substituents is 1. The van der Waals surface area contributed by atoms with Crippen LogP contribution in [0.1, 0.15) is 54.0 Å². The van der Waals surface area contributed by atoms with Crippen LogP contribution in [0.5, 0.6) is 0 Å². The topological polar surface area (TPSA) is 138 Å². The van der Waals surface area contributed by atoms with E-state index in [0.29, 0.717) is 35.2 Å². The van der Waals surface area contributed by atoms with E-state index >= 15 is 0 Å². The van der Waals surface area contributed by atoms with Gasteiger partial charge in [-0.15, -0.1) is 0 Å². The van der Waals surface area contributed by atoms with Gasteiger partial charge >= 0.3 is 6.09 Å². The number of ether oxygens (including phenoxy) is 2. The van der Waals surface area contributed by atoms with Crippen LogP contribution in [-0.2, 0) is 20.8 Å². The van der Waals surface area contributed by atoms with Crippen molar-refractivity contribution in [3.8, 4) is 0 Å². The van der Waals surface area contributed by atoms with Crippen LogP contribution >= 0.6 is 0 Å².